The highest BCUT2D eigenvalue weighted by Crippen LogP contribution is 2.25. The zero-order valence-corrected chi connectivity index (χ0v) is 13.2. The van der Waals surface area contributed by atoms with Crippen LogP contribution < -0.4 is 10.5 Å². The monoisotopic (exact) mass is 353 g/mol. The van der Waals surface area contributed by atoms with E-state index in [1.165, 1.54) is 0 Å². The largest absolute Gasteiger partial charge is 0.497 e. The minimum atomic E-state index is -0.0480. The maximum atomic E-state index is 12.3. The lowest BCUT2D eigenvalue weighted by molar-refractivity contribution is 0.0993. The van der Waals surface area contributed by atoms with E-state index in [9.17, 15) is 4.79 Å². The number of carbonyl (C=O) groups is 1. The third-order valence-corrected chi connectivity index (χ3v) is 3.84. The molecular formula is C15H13BrClNO2. The highest BCUT2D eigenvalue weighted by Gasteiger charge is 2.12. The van der Waals surface area contributed by atoms with Crippen LogP contribution in [0, 0.1) is 0 Å². The molecule has 0 heterocycles. The lowest BCUT2D eigenvalue weighted by atomic mass is 10.0. The summed E-state index contributed by atoms with van der Waals surface area (Å²) in [5.41, 5.74) is 7.54. The van der Waals surface area contributed by atoms with E-state index < -0.39 is 0 Å². The summed E-state index contributed by atoms with van der Waals surface area (Å²) < 4.78 is 6.02. The van der Waals surface area contributed by atoms with Crippen LogP contribution in [0.5, 0.6) is 5.75 Å². The molecule has 5 heteroatoms. The third-order valence-electron chi connectivity index (χ3n) is 2.85. The first kappa shape index (κ1) is 14.9. The van der Waals surface area contributed by atoms with Crippen molar-refractivity contribution in [2.45, 2.75) is 6.42 Å². The molecule has 2 aromatic rings. The van der Waals surface area contributed by atoms with E-state index in [1.54, 1.807) is 25.3 Å². The van der Waals surface area contributed by atoms with Crippen molar-refractivity contribution in [3.05, 3.63) is 57.0 Å². The predicted molar refractivity (Wildman–Crippen MR) is 84.6 cm³/mol. The van der Waals surface area contributed by atoms with Gasteiger partial charge in [0.15, 0.2) is 5.78 Å². The molecule has 0 bridgehead atoms. The lowest BCUT2D eigenvalue weighted by Gasteiger charge is -2.08. The molecule has 3 nitrogen and oxygen atoms in total. The van der Waals surface area contributed by atoms with E-state index >= 15 is 0 Å². The summed E-state index contributed by atoms with van der Waals surface area (Å²) in [5.74, 6) is 0.662. The molecule has 0 saturated carbocycles. The Balaban J connectivity index is 2.27. The summed E-state index contributed by atoms with van der Waals surface area (Å²) in [6.07, 6.45) is 0.248. The minimum absolute atomic E-state index is 0.0480. The smallest absolute Gasteiger partial charge is 0.167 e. The number of ether oxygens (including phenoxy) is 1. The molecule has 0 aromatic heterocycles. The number of hydrogen-bond donors (Lipinski definition) is 1. The normalized spacial score (nSPS) is 10.3. The Bertz CT molecular complexity index is 638. The summed E-state index contributed by atoms with van der Waals surface area (Å²) in [6, 6.07) is 10.4. The molecule has 0 atom stereocenters. The second-order valence-electron chi connectivity index (χ2n) is 4.33. The first-order valence-electron chi connectivity index (χ1n) is 5.91. The van der Waals surface area contributed by atoms with Gasteiger partial charge in [0.25, 0.3) is 0 Å². The van der Waals surface area contributed by atoms with Crippen LogP contribution in [0.2, 0.25) is 5.02 Å². The first-order valence-corrected chi connectivity index (χ1v) is 7.08. The fraction of sp³-hybridized carbons (Fsp3) is 0.133. The van der Waals surface area contributed by atoms with E-state index in [1.807, 2.05) is 18.2 Å². The Morgan fingerprint density at radius 2 is 2.05 bits per heavy atom. The molecule has 0 aliphatic rings. The van der Waals surface area contributed by atoms with Gasteiger partial charge in [0.2, 0.25) is 0 Å². The summed E-state index contributed by atoms with van der Waals surface area (Å²) in [7, 11) is 1.59. The minimum Gasteiger partial charge on any atom is -0.497 e. The molecule has 104 valence electrons. The number of ketones is 1. The first-order chi connectivity index (χ1) is 9.49. The number of nitrogens with two attached hydrogens (primary N) is 1. The Labute approximate surface area is 130 Å². The van der Waals surface area contributed by atoms with Gasteiger partial charge in [-0.25, -0.2) is 0 Å². The van der Waals surface area contributed by atoms with E-state index in [4.69, 9.17) is 22.1 Å². The van der Waals surface area contributed by atoms with E-state index in [2.05, 4.69) is 15.9 Å². The predicted octanol–water partition coefficient (Wildman–Crippen LogP) is 4.12. The Hall–Kier alpha value is -1.52. The van der Waals surface area contributed by atoms with Crippen molar-refractivity contribution in [1.82, 2.24) is 0 Å². The van der Waals surface area contributed by atoms with Crippen LogP contribution in [0.1, 0.15) is 15.9 Å². The summed E-state index contributed by atoms with van der Waals surface area (Å²) >= 11 is 9.35. The van der Waals surface area contributed by atoms with Crippen LogP contribution in [0.4, 0.5) is 5.69 Å². The van der Waals surface area contributed by atoms with Gasteiger partial charge < -0.3 is 10.5 Å². The maximum absolute atomic E-state index is 12.3. The molecule has 0 aliphatic heterocycles. The molecule has 0 fully saturated rings. The van der Waals surface area contributed by atoms with Crippen LogP contribution in [0.25, 0.3) is 0 Å². The van der Waals surface area contributed by atoms with Crippen molar-refractivity contribution in [1.29, 1.82) is 0 Å². The maximum Gasteiger partial charge on any atom is 0.167 e. The SMILES string of the molecule is COc1ccc(Br)c(CC(=O)c2cc(N)cc(Cl)c2)c1. The van der Waals surface area contributed by atoms with Crippen LogP contribution in [-0.2, 0) is 6.42 Å². The fourth-order valence-electron chi connectivity index (χ4n) is 1.86. The molecule has 0 unspecified atom stereocenters. The van der Waals surface area contributed by atoms with Gasteiger partial charge in [0.05, 0.1) is 7.11 Å². The number of Topliss-reactive ketones (excluding diaryl/α,β-unsaturated/α-hetero) is 1. The number of benzene rings is 2. The number of halogens is 2. The molecule has 0 aliphatic carbocycles. The van der Waals surface area contributed by atoms with Gasteiger partial charge in [-0.05, 0) is 42.0 Å². The summed E-state index contributed by atoms with van der Waals surface area (Å²) in [5, 5.41) is 0.457. The molecule has 20 heavy (non-hydrogen) atoms. The molecule has 0 spiro atoms. The van der Waals surface area contributed by atoms with Crippen LogP contribution in [0.3, 0.4) is 0 Å². The van der Waals surface area contributed by atoms with Crippen LogP contribution in [-0.4, -0.2) is 12.9 Å². The van der Waals surface area contributed by atoms with Gasteiger partial charge in [-0.15, -0.1) is 0 Å². The van der Waals surface area contributed by atoms with Crippen molar-refractivity contribution in [3.8, 4) is 5.75 Å². The summed E-state index contributed by atoms with van der Waals surface area (Å²) in [6.45, 7) is 0. The third kappa shape index (κ3) is 3.52. The standard InChI is InChI=1S/C15H13BrClNO2/c1-20-13-2-3-14(16)9(6-13)7-15(19)10-4-11(17)8-12(18)5-10/h2-6,8H,7,18H2,1H3. The zero-order valence-electron chi connectivity index (χ0n) is 10.8. The molecule has 0 amide bonds. The molecular weight excluding hydrogens is 342 g/mol. The lowest BCUT2D eigenvalue weighted by Crippen LogP contribution is -2.05. The van der Waals surface area contributed by atoms with E-state index in [0.29, 0.717) is 22.0 Å². The van der Waals surface area contributed by atoms with Crippen LogP contribution in [0.15, 0.2) is 40.9 Å². The van der Waals surface area contributed by atoms with Gasteiger partial charge >= 0.3 is 0 Å². The number of rotatable bonds is 4. The molecule has 2 N–H and O–H groups in total. The van der Waals surface area contributed by atoms with Gasteiger partial charge in [-0.3, -0.25) is 4.79 Å². The zero-order chi connectivity index (χ0) is 14.7. The highest BCUT2D eigenvalue weighted by molar-refractivity contribution is 9.10. The average molecular weight is 355 g/mol. The fourth-order valence-corrected chi connectivity index (χ4v) is 2.49. The van der Waals surface area contributed by atoms with Gasteiger partial charge in [-0.1, -0.05) is 27.5 Å². The highest BCUT2D eigenvalue weighted by atomic mass is 79.9. The topological polar surface area (TPSA) is 52.3 Å². The molecule has 0 radical (unpaired) electrons. The number of anilines is 1. The number of nitrogen functional groups attached to an aromatic ring is 1. The Kier molecular flexibility index (Phi) is 4.68. The number of methoxy groups -OCH3 is 1. The number of hydrogen-bond acceptors (Lipinski definition) is 3. The summed E-state index contributed by atoms with van der Waals surface area (Å²) in [4.78, 5) is 12.3. The average Bonchev–Trinajstić information content (AvgIpc) is 2.40. The quantitative estimate of drug-likeness (QED) is 0.664. The van der Waals surface area contributed by atoms with E-state index in [-0.39, 0.29) is 12.2 Å². The van der Waals surface area contributed by atoms with Crippen molar-refractivity contribution >= 4 is 39.0 Å². The second-order valence-corrected chi connectivity index (χ2v) is 5.62. The van der Waals surface area contributed by atoms with Crippen molar-refractivity contribution in [2.24, 2.45) is 0 Å². The molecule has 0 saturated heterocycles. The van der Waals surface area contributed by atoms with E-state index in [0.717, 1.165) is 10.0 Å². The van der Waals surface area contributed by atoms with Crippen LogP contribution >= 0.6 is 27.5 Å². The second kappa shape index (κ2) is 6.29. The molecule has 2 aromatic carbocycles. The molecule has 2 rings (SSSR count). The van der Waals surface area contributed by atoms with Crippen molar-refractivity contribution in [3.63, 3.8) is 0 Å². The van der Waals surface area contributed by atoms with Gasteiger partial charge in [0, 0.05) is 27.2 Å². The van der Waals surface area contributed by atoms with Crippen molar-refractivity contribution < 1.29 is 9.53 Å². The Morgan fingerprint density at radius 3 is 2.70 bits per heavy atom. The Morgan fingerprint density at radius 1 is 1.30 bits per heavy atom. The van der Waals surface area contributed by atoms with Gasteiger partial charge in [0.1, 0.15) is 5.75 Å². The van der Waals surface area contributed by atoms with Crippen molar-refractivity contribution in [2.75, 3.05) is 12.8 Å². The van der Waals surface area contributed by atoms with Gasteiger partial charge in [-0.2, -0.15) is 0 Å². The number of carbonyl (C=O) groups excluding carboxylic acids is 1.